The molecule has 3 N–H and O–H groups in total. The molecule has 2 aromatic carbocycles. The van der Waals surface area contributed by atoms with Gasteiger partial charge in [-0.05, 0) is 68.1 Å². The molecule has 2 saturated heterocycles. The fourth-order valence-corrected chi connectivity index (χ4v) is 7.17. The molecule has 250 valence electrons. The van der Waals surface area contributed by atoms with Gasteiger partial charge in [-0.1, -0.05) is 43.6 Å². The number of nitrogen functional groups attached to an aromatic ring is 1. The Morgan fingerprint density at radius 1 is 1.07 bits per heavy atom. The third-order valence-electron chi connectivity index (χ3n) is 9.65. The van der Waals surface area contributed by atoms with Crippen LogP contribution in [0.5, 0.6) is 0 Å². The van der Waals surface area contributed by atoms with Gasteiger partial charge in [0.2, 0.25) is 11.8 Å². The monoisotopic (exact) mass is 662 g/mol. The van der Waals surface area contributed by atoms with Crippen LogP contribution in [0, 0.1) is 5.92 Å². The third-order valence-corrected chi connectivity index (χ3v) is 9.96. The predicted octanol–water partition coefficient (Wildman–Crippen LogP) is 5.12. The Bertz CT molecular complexity index is 1440. The largest absolute Gasteiger partial charge is 0.418 e. The Hall–Kier alpha value is -3.51. The molecule has 3 aliphatic heterocycles. The number of hydrogen-bond acceptors (Lipinski definition) is 5. The minimum atomic E-state index is -4.72. The first-order valence-corrected chi connectivity index (χ1v) is 16.4. The van der Waals surface area contributed by atoms with Gasteiger partial charge in [-0.3, -0.25) is 14.5 Å². The number of likely N-dealkylation sites (tertiary alicyclic amines) is 2. The number of nitrogens with zero attached hydrogens (tertiary/aromatic N) is 4. The summed E-state index contributed by atoms with van der Waals surface area (Å²) in [6.45, 7) is 8.23. The van der Waals surface area contributed by atoms with Gasteiger partial charge < -0.3 is 25.8 Å². The van der Waals surface area contributed by atoms with E-state index in [4.69, 9.17) is 17.3 Å². The number of amides is 4. The summed E-state index contributed by atoms with van der Waals surface area (Å²) in [5.41, 5.74) is 6.11. The predicted molar refractivity (Wildman–Crippen MR) is 171 cm³/mol. The van der Waals surface area contributed by atoms with Crippen molar-refractivity contribution in [1.29, 1.82) is 0 Å². The number of nitrogens with one attached hydrogen (secondary N) is 1. The van der Waals surface area contributed by atoms with E-state index in [2.05, 4.69) is 24.1 Å². The van der Waals surface area contributed by atoms with Gasteiger partial charge in [0.15, 0.2) is 0 Å². The number of fused-ring (bicyclic) bond motifs is 1. The number of piperidine rings is 1. The van der Waals surface area contributed by atoms with Crippen molar-refractivity contribution in [3.8, 4) is 0 Å². The molecule has 0 aromatic heterocycles. The number of anilines is 2. The maximum absolute atomic E-state index is 13.8. The molecule has 0 aliphatic carbocycles. The van der Waals surface area contributed by atoms with Crippen molar-refractivity contribution in [2.75, 3.05) is 56.9 Å². The van der Waals surface area contributed by atoms with E-state index >= 15 is 0 Å². The third kappa shape index (κ3) is 7.38. The topological polar surface area (TPSA) is 102 Å². The normalized spacial score (nSPS) is 18.6. The summed E-state index contributed by atoms with van der Waals surface area (Å²) in [5.74, 6) is -1.35. The molecule has 3 heterocycles. The number of benzene rings is 2. The smallest absolute Gasteiger partial charge is 0.397 e. The lowest BCUT2D eigenvalue weighted by atomic mass is 9.90. The lowest BCUT2D eigenvalue weighted by molar-refractivity contribution is -0.147. The molecule has 0 unspecified atom stereocenters. The van der Waals surface area contributed by atoms with Crippen molar-refractivity contribution in [3.63, 3.8) is 0 Å². The quantitative estimate of drug-likeness (QED) is 0.363. The maximum atomic E-state index is 13.8. The Morgan fingerprint density at radius 3 is 2.39 bits per heavy atom. The number of carbonyl (C=O) groups is 3. The highest BCUT2D eigenvalue weighted by Crippen LogP contribution is 2.38. The maximum Gasteiger partial charge on any atom is 0.418 e. The fourth-order valence-electron chi connectivity index (χ4n) is 6.93. The van der Waals surface area contributed by atoms with Crippen LogP contribution in [0.25, 0.3) is 0 Å². The lowest BCUT2D eigenvalue weighted by Crippen LogP contribution is -2.62. The zero-order valence-electron chi connectivity index (χ0n) is 26.3. The molecule has 13 heteroatoms. The van der Waals surface area contributed by atoms with Gasteiger partial charge in [0.1, 0.15) is 0 Å². The van der Waals surface area contributed by atoms with Crippen LogP contribution in [-0.4, -0.2) is 95.3 Å². The average molecular weight is 663 g/mol. The van der Waals surface area contributed by atoms with Crippen molar-refractivity contribution in [3.05, 3.63) is 58.1 Å². The van der Waals surface area contributed by atoms with Crippen LogP contribution in [0.1, 0.15) is 49.8 Å². The molecule has 0 bridgehead atoms. The van der Waals surface area contributed by atoms with E-state index in [1.54, 1.807) is 9.80 Å². The van der Waals surface area contributed by atoms with Crippen molar-refractivity contribution >= 4 is 40.8 Å². The number of likely N-dealkylation sites (N-methyl/N-ethyl adjacent to an activating group) is 1. The summed E-state index contributed by atoms with van der Waals surface area (Å²) >= 11 is 6.09. The van der Waals surface area contributed by atoms with Crippen LogP contribution < -0.4 is 11.1 Å². The van der Waals surface area contributed by atoms with Crippen LogP contribution in [0.3, 0.4) is 0 Å². The van der Waals surface area contributed by atoms with Gasteiger partial charge in [-0.25, -0.2) is 4.79 Å². The van der Waals surface area contributed by atoms with Gasteiger partial charge >= 0.3 is 12.2 Å². The van der Waals surface area contributed by atoms with Gasteiger partial charge in [0, 0.05) is 56.9 Å². The Balaban J connectivity index is 1.26. The minimum absolute atomic E-state index is 0.0356. The molecule has 3 aliphatic rings. The number of alkyl halides is 3. The number of urea groups is 1. The first-order valence-electron chi connectivity index (χ1n) is 16.0. The highest BCUT2D eigenvalue weighted by Gasteiger charge is 2.40. The molecule has 0 radical (unpaired) electrons. The minimum Gasteiger partial charge on any atom is -0.397 e. The number of para-hydroxylation sites is 1. The van der Waals surface area contributed by atoms with Crippen molar-refractivity contribution < 1.29 is 27.6 Å². The molecule has 1 atom stereocenters. The average Bonchev–Trinajstić information content (AvgIpc) is 3.17. The molecular weight excluding hydrogens is 621 g/mol. The molecule has 0 spiro atoms. The summed E-state index contributed by atoms with van der Waals surface area (Å²) in [6, 6.07) is 10.0. The van der Waals surface area contributed by atoms with Gasteiger partial charge in [0.05, 0.1) is 22.2 Å². The Labute approximate surface area is 272 Å². The second-order valence-electron chi connectivity index (χ2n) is 12.4. The first-order chi connectivity index (χ1) is 21.9. The van der Waals surface area contributed by atoms with Crippen LogP contribution in [0.2, 0.25) is 5.02 Å². The number of rotatable bonds is 9. The van der Waals surface area contributed by atoms with E-state index in [0.29, 0.717) is 45.6 Å². The second-order valence-corrected chi connectivity index (χ2v) is 12.8. The summed E-state index contributed by atoms with van der Waals surface area (Å²) < 4.78 is 41.1. The zero-order valence-corrected chi connectivity index (χ0v) is 27.0. The van der Waals surface area contributed by atoms with E-state index in [-0.39, 0.29) is 53.4 Å². The molecule has 46 heavy (non-hydrogen) atoms. The lowest BCUT2D eigenvalue weighted by Gasteiger charge is -2.46. The highest BCUT2D eigenvalue weighted by atomic mass is 35.5. The molecular formula is C33H42ClF3N6O3. The van der Waals surface area contributed by atoms with E-state index in [9.17, 15) is 27.6 Å². The molecule has 5 rings (SSSR count). The van der Waals surface area contributed by atoms with E-state index < -0.39 is 23.3 Å². The van der Waals surface area contributed by atoms with Crippen molar-refractivity contribution in [1.82, 2.24) is 19.6 Å². The molecule has 2 fully saturated rings. The summed E-state index contributed by atoms with van der Waals surface area (Å²) in [5, 5.41) is 2.76. The van der Waals surface area contributed by atoms with Crippen LogP contribution in [-0.2, 0) is 28.6 Å². The fraction of sp³-hybridized carbons (Fsp3) is 0.545. The van der Waals surface area contributed by atoms with Crippen molar-refractivity contribution in [2.24, 2.45) is 5.92 Å². The molecule has 4 amide bonds. The Morgan fingerprint density at radius 2 is 1.74 bits per heavy atom. The zero-order chi connectivity index (χ0) is 33.2. The summed E-state index contributed by atoms with van der Waals surface area (Å²) in [7, 11) is 0. The van der Waals surface area contributed by atoms with Gasteiger partial charge in [0.25, 0.3) is 0 Å². The van der Waals surface area contributed by atoms with E-state index in [1.807, 2.05) is 29.2 Å². The van der Waals surface area contributed by atoms with E-state index in [1.165, 1.54) is 6.07 Å². The highest BCUT2D eigenvalue weighted by molar-refractivity contribution is 6.33. The number of hydrogen-bond donors (Lipinski definition) is 2. The first kappa shape index (κ1) is 33.8. The van der Waals surface area contributed by atoms with Gasteiger partial charge in [-0.15, -0.1) is 0 Å². The summed E-state index contributed by atoms with van der Waals surface area (Å²) in [4.78, 5) is 47.9. The van der Waals surface area contributed by atoms with Crippen molar-refractivity contribution in [2.45, 2.75) is 64.2 Å². The molecule has 0 saturated carbocycles. The summed E-state index contributed by atoms with van der Waals surface area (Å²) in [6.07, 6.45) is -3.02. The van der Waals surface area contributed by atoms with Gasteiger partial charge in [-0.2, -0.15) is 13.2 Å². The number of halogens is 4. The number of nitrogens with two attached hydrogens (primary N) is 1. The van der Waals surface area contributed by atoms with Crippen LogP contribution in [0.15, 0.2) is 36.4 Å². The molecule has 2 aromatic rings. The molecule has 9 nitrogen and oxygen atoms in total. The number of carbonyl (C=O) groups excluding carboxylic acids is 3. The van der Waals surface area contributed by atoms with E-state index in [0.717, 1.165) is 36.8 Å². The standard InChI is InChI=1S/C33H42ClF3N6O3/c1-3-40(4-2)25-19-42(20-25)31(45)23(15-21-16-26(33(35,36)37)30(38)27(34)17-21)18-29(44)41-12-10-24(11-13-41)43-14-9-22-7-5-6-8-28(22)39-32(43)46/h5-8,16-17,23-25H,3-4,9-15,18-20,38H2,1-2H3,(H,39,46)/t23-/m0/s1. The van der Waals surface area contributed by atoms with Crippen LogP contribution in [0.4, 0.5) is 29.3 Å². The second kappa shape index (κ2) is 14.1. The SMILES string of the molecule is CCN(CC)C1CN(C(=O)[C@H](CC(=O)N2CCC(N3CCc4ccccc4NC3=O)CC2)Cc2cc(Cl)c(N)c(C(F)(F)F)c2)C1. The van der Waals surface area contributed by atoms with Crippen LogP contribution >= 0.6 is 11.6 Å². The Kier molecular flexibility index (Phi) is 10.4.